The summed E-state index contributed by atoms with van der Waals surface area (Å²) in [6.07, 6.45) is 2.95. The Morgan fingerprint density at radius 1 is 1.29 bits per heavy atom. The third kappa shape index (κ3) is 2.72. The molecule has 1 atom stereocenters. The van der Waals surface area contributed by atoms with Gasteiger partial charge in [0.2, 0.25) is 0 Å². The standard InChI is InChI=1S/C15H14N4O2/c1-19(15-12(8-16)17-6-7-18-15)9-11-10-20-13-4-2-3-5-14(13)21-11/h2-7,11H,9-10H2,1H3/t11-/m1/s1. The Hall–Kier alpha value is -2.81. The molecule has 6 nitrogen and oxygen atoms in total. The Balaban J connectivity index is 1.72. The molecule has 0 aliphatic carbocycles. The number of nitrogens with zero attached hydrogens (tertiary/aromatic N) is 4. The van der Waals surface area contributed by atoms with Crippen LogP contribution in [0.5, 0.6) is 11.5 Å². The van der Waals surface area contributed by atoms with Crippen LogP contribution >= 0.6 is 0 Å². The fraction of sp³-hybridized carbons (Fsp3) is 0.267. The quantitative estimate of drug-likeness (QED) is 0.852. The Morgan fingerprint density at radius 3 is 2.86 bits per heavy atom. The van der Waals surface area contributed by atoms with Crippen molar-refractivity contribution in [3.63, 3.8) is 0 Å². The van der Waals surface area contributed by atoms with Gasteiger partial charge in [0.15, 0.2) is 29.1 Å². The number of hydrogen-bond acceptors (Lipinski definition) is 6. The summed E-state index contributed by atoms with van der Waals surface area (Å²) < 4.78 is 11.6. The van der Waals surface area contributed by atoms with E-state index < -0.39 is 0 Å². The fourth-order valence-corrected chi connectivity index (χ4v) is 2.23. The zero-order chi connectivity index (χ0) is 14.7. The number of fused-ring (bicyclic) bond motifs is 1. The molecule has 3 rings (SSSR count). The molecular weight excluding hydrogens is 268 g/mol. The van der Waals surface area contributed by atoms with Gasteiger partial charge in [-0.05, 0) is 12.1 Å². The van der Waals surface area contributed by atoms with Crippen LogP contribution in [0.3, 0.4) is 0 Å². The molecule has 21 heavy (non-hydrogen) atoms. The molecule has 0 radical (unpaired) electrons. The molecule has 1 aromatic carbocycles. The Kier molecular flexibility index (Phi) is 3.56. The van der Waals surface area contributed by atoms with Crippen LogP contribution in [0.4, 0.5) is 5.82 Å². The summed E-state index contributed by atoms with van der Waals surface area (Å²) in [6.45, 7) is 1.02. The summed E-state index contributed by atoms with van der Waals surface area (Å²) >= 11 is 0. The monoisotopic (exact) mass is 282 g/mol. The van der Waals surface area contributed by atoms with Gasteiger partial charge in [0, 0.05) is 19.4 Å². The van der Waals surface area contributed by atoms with Gasteiger partial charge in [-0.2, -0.15) is 5.26 Å². The number of likely N-dealkylation sites (N-methyl/N-ethyl adjacent to an activating group) is 1. The van der Waals surface area contributed by atoms with Crippen LogP contribution in [0, 0.1) is 11.3 Å². The molecule has 0 amide bonds. The normalized spacial score (nSPS) is 16.1. The third-order valence-electron chi connectivity index (χ3n) is 3.19. The molecule has 0 saturated heterocycles. The molecule has 0 spiro atoms. The minimum atomic E-state index is -0.126. The molecule has 6 heteroatoms. The molecule has 0 unspecified atom stereocenters. The number of nitriles is 1. The maximum absolute atomic E-state index is 9.07. The summed E-state index contributed by atoms with van der Waals surface area (Å²) in [5.41, 5.74) is 0.303. The first kappa shape index (κ1) is 13.2. The zero-order valence-corrected chi connectivity index (χ0v) is 11.6. The van der Waals surface area contributed by atoms with E-state index in [2.05, 4.69) is 9.97 Å². The van der Waals surface area contributed by atoms with Crippen molar-refractivity contribution in [2.75, 3.05) is 25.1 Å². The number of rotatable bonds is 3. The van der Waals surface area contributed by atoms with Crippen molar-refractivity contribution in [1.29, 1.82) is 5.26 Å². The summed E-state index contributed by atoms with van der Waals surface area (Å²) in [5.74, 6) is 2.04. The van der Waals surface area contributed by atoms with Gasteiger partial charge in [0.25, 0.3) is 0 Å². The average Bonchev–Trinajstić information content (AvgIpc) is 2.54. The third-order valence-corrected chi connectivity index (χ3v) is 3.19. The molecule has 0 fully saturated rings. The Bertz CT molecular complexity index is 683. The van der Waals surface area contributed by atoms with E-state index in [-0.39, 0.29) is 6.10 Å². The van der Waals surface area contributed by atoms with Crippen LogP contribution in [0.2, 0.25) is 0 Å². The SMILES string of the molecule is CN(C[C@@H]1COc2ccccc2O1)c1nccnc1C#N. The molecule has 0 bridgehead atoms. The number of para-hydroxylation sites is 2. The van der Waals surface area contributed by atoms with E-state index >= 15 is 0 Å². The first-order valence-corrected chi connectivity index (χ1v) is 6.58. The van der Waals surface area contributed by atoms with E-state index in [1.54, 1.807) is 6.20 Å². The lowest BCUT2D eigenvalue weighted by atomic mass is 10.2. The number of aromatic nitrogens is 2. The molecule has 0 N–H and O–H groups in total. The van der Waals surface area contributed by atoms with E-state index in [1.165, 1.54) is 6.20 Å². The second kappa shape index (κ2) is 5.67. The van der Waals surface area contributed by atoms with Crippen LogP contribution in [-0.4, -0.2) is 36.3 Å². The Labute approximate surface area is 122 Å². The zero-order valence-electron chi connectivity index (χ0n) is 11.6. The van der Waals surface area contributed by atoms with Crippen molar-refractivity contribution < 1.29 is 9.47 Å². The predicted molar refractivity (Wildman–Crippen MR) is 76.4 cm³/mol. The van der Waals surface area contributed by atoms with Crippen LogP contribution in [-0.2, 0) is 0 Å². The van der Waals surface area contributed by atoms with Gasteiger partial charge >= 0.3 is 0 Å². The van der Waals surface area contributed by atoms with Crippen LogP contribution in [0.25, 0.3) is 0 Å². The van der Waals surface area contributed by atoms with E-state index in [0.29, 0.717) is 24.7 Å². The van der Waals surface area contributed by atoms with Crippen molar-refractivity contribution in [1.82, 2.24) is 9.97 Å². The van der Waals surface area contributed by atoms with Crippen LogP contribution in [0.1, 0.15) is 5.69 Å². The van der Waals surface area contributed by atoms with Crippen molar-refractivity contribution in [3.8, 4) is 17.6 Å². The summed E-state index contributed by atoms with van der Waals surface area (Å²) in [7, 11) is 1.86. The number of anilines is 1. The highest BCUT2D eigenvalue weighted by Crippen LogP contribution is 2.31. The minimum absolute atomic E-state index is 0.126. The molecule has 1 aliphatic heterocycles. The molecule has 106 valence electrons. The largest absolute Gasteiger partial charge is 0.486 e. The molecular formula is C15H14N4O2. The highest BCUT2D eigenvalue weighted by Gasteiger charge is 2.23. The molecule has 0 saturated carbocycles. The first-order valence-electron chi connectivity index (χ1n) is 6.58. The topological polar surface area (TPSA) is 71.3 Å². The van der Waals surface area contributed by atoms with Crippen LogP contribution in [0.15, 0.2) is 36.7 Å². The lowest BCUT2D eigenvalue weighted by Gasteiger charge is -2.30. The summed E-state index contributed by atoms with van der Waals surface area (Å²) in [4.78, 5) is 10.1. The van der Waals surface area contributed by atoms with Crippen molar-refractivity contribution in [2.24, 2.45) is 0 Å². The highest BCUT2D eigenvalue weighted by atomic mass is 16.6. The fourth-order valence-electron chi connectivity index (χ4n) is 2.23. The summed E-state index contributed by atoms with van der Waals surface area (Å²) in [5, 5.41) is 9.07. The van der Waals surface area contributed by atoms with Gasteiger partial charge in [-0.15, -0.1) is 0 Å². The van der Waals surface area contributed by atoms with Gasteiger partial charge in [-0.1, -0.05) is 12.1 Å². The molecule has 2 heterocycles. The van der Waals surface area contributed by atoms with Crippen molar-refractivity contribution in [3.05, 3.63) is 42.4 Å². The average molecular weight is 282 g/mol. The van der Waals surface area contributed by atoms with Crippen molar-refractivity contribution in [2.45, 2.75) is 6.10 Å². The van der Waals surface area contributed by atoms with Gasteiger partial charge in [0.05, 0.1) is 6.54 Å². The first-order chi connectivity index (χ1) is 10.3. The number of ether oxygens (including phenoxy) is 2. The van der Waals surface area contributed by atoms with E-state index in [9.17, 15) is 0 Å². The van der Waals surface area contributed by atoms with E-state index in [0.717, 1.165) is 11.5 Å². The van der Waals surface area contributed by atoms with Gasteiger partial charge in [-0.25, -0.2) is 9.97 Å². The second-order valence-corrected chi connectivity index (χ2v) is 4.72. The maximum atomic E-state index is 9.07. The number of benzene rings is 1. The molecule has 1 aromatic heterocycles. The Morgan fingerprint density at radius 2 is 2.05 bits per heavy atom. The molecule has 2 aromatic rings. The van der Waals surface area contributed by atoms with E-state index in [4.69, 9.17) is 14.7 Å². The summed E-state index contributed by atoms with van der Waals surface area (Å²) in [6, 6.07) is 9.62. The van der Waals surface area contributed by atoms with Gasteiger partial charge in [-0.3, -0.25) is 0 Å². The van der Waals surface area contributed by atoms with Crippen molar-refractivity contribution >= 4 is 5.82 Å². The lowest BCUT2D eigenvalue weighted by Crippen LogP contribution is -2.40. The minimum Gasteiger partial charge on any atom is -0.486 e. The molecule has 1 aliphatic rings. The number of hydrogen-bond donors (Lipinski definition) is 0. The second-order valence-electron chi connectivity index (χ2n) is 4.72. The lowest BCUT2D eigenvalue weighted by molar-refractivity contribution is 0.0959. The smallest absolute Gasteiger partial charge is 0.183 e. The van der Waals surface area contributed by atoms with Crippen LogP contribution < -0.4 is 14.4 Å². The maximum Gasteiger partial charge on any atom is 0.183 e. The van der Waals surface area contributed by atoms with Gasteiger partial charge in [0.1, 0.15) is 12.7 Å². The van der Waals surface area contributed by atoms with Gasteiger partial charge < -0.3 is 14.4 Å². The van der Waals surface area contributed by atoms with E-state index in [1.807, 2.05) is 42.3 Å². The predicted octanol–water partition coefficient (Wildman–Crippen LogP) is 1.62. The highest BCUT2D eigenvalue weighted by molar-refractivity contribution is 5.49.